The van der Waals surface area contributed by atoms with E-state index < -0.39 is 5.97 Å². The summed E-state index contributed by atoms with van der Waals surface area (Å²) < 4.78 is 5.82. The molecule has 1 heterocycles. The lowest BCUT2D eigenvalue weighted by Gasteiger charge is -2.17. The van der Waals surface area contributed by atoms with Crippen molar-refractivity contribution in [2.24, 2.45) is 0 Å². The summed E-state index contributed by atoms with van der Waals surface area (Å²) in [4.78, 5) is 16.6. The first-order valence-corrected chi connectivity index (χ1v) is 9.45. The highest BCUT2D eigenvalue weighted by Gasteiger charge is 2.20. The molecule has 0 saturated heterocycles. The Bertz CT molecular complexity index is 1010. The maximum absolute atomic E-state index is 11.9. The molecular formula is C23H22ClNO3. The van der Waals surface area contributed by atoms with Crippen molar-refractivity contribution in [3.8, 4) is 16.9 Å². The van der Waals surface area contributed by atoms with E-state index in [1.807, 2.05) is 63.2 Å². The number of ether oxygens (including phenoxy) is 1. The molecule has 0 atom stereocenters. The summed E-state index contributed by atoms with van der Waals surface area (Å²) in [5.74, 6) is -0.244. The molecule has 0 bridgehead atoms. The number of carboxylic acid groups (broad SMARTS) is 1. The summed E-state index contributed by atoms with van der Waals surface area (Å²) in [5.41, 5.74) is 4.04. The van der Waals surface area contributed by atoms with Gasteiger partial charge in [-0.05, 0) is 54.3 Å². The maximum Gasteiger partial charge on any atom is 0.337 e. The molecule has 144 valence electrons. The normalized spacial score (nSPS) is 10.9. The quantitative estimate of drug-likeness (QED) is 0.546. The minimum atomic E-state index is -1.03. The number of hydrogen-bond donors (Lipinski definition) is 1. The second-order valence-corrected chi connectivity index (χ2v) is 7.43. The topological polar surface area (TPSA) is 59.4 Å². The van der Waals surface area contributed by atoms with E-state index >= 15 is 0 Å². The van der Waals surface area contributed by atoms with E-state index in [4.69, 9.17) is 16.3 Å². The van der Waals surface area contributed by atoms with Crippen LogP contribution in [0.25, 0.3) is 11.1 Å². The van der Waals surface area contributed by atoms with Gasteiger partial charge in [0.25, 0.3) is 0 Å². The number of benzene rings is 2. The van der Waals surface area contributed by atoms with Crippen molar-refractivity contribution in [1.82, 2.24) is 4.98 Å². The molecule has 0 radical (unpaired) electrons. The lowest BCUT2D eigenvalue weighted by Crippen LogP contribution is -2.12. The third-order valence-corrected chi connectivity index (χ3v) is 4.64. The van der Waals surface area contributed by atoms with Gasteiger partial charge in [0.05, 0.1) is 17.0 Å². The molecule has 0 fully saturated rings. The first-order valence-electron chi connectivity index (χ1n) is 9.07. The summed E-state index contributed by atoms with van der Waals surface area (Å²) in [5, 5.41) is 10.3. The molecule has 28 heavy (non-hydrogen) atoms. The van der Waals surface area contributed by atoms with Gasteiger partial charge in [0.1, 0.15) is 12.4 Å². The monoisotopic (exact) mass is 395 g/mol. The molecule has 0 amide bonds. The zero-order chi connectivity index (χ0) is 20.3. The SMILES string of the molecule is Cc1cccc(OCc2nc(C(C)C)c(-c3cccc(Cl)c3)cc2C(=O)O)c1. The molecule has 1 N–H and O–H groups in total. The Morgan fingerprint density at radius 2 is 1.89 bits per heavy atom. The average molecular weight is 396 g/mol. The van der Waals surface area contributed by atoms with Crippen molar-refractivity contribution in [2.75, 3.05) is 0 Å². The fraction of sp³-hybridized carbons (Fsp3) is 0.217. The molecule has 0 aliphatic rings. The second kappa shape index (κ2) is 8.44. The van der Waals surface area contributed by atoms with Crippen LogP contribution in [0.4, 0.5) is 0 Å². The molecule has 0 unspecified atom stereocenters. The predicted octanol–water partition coefficient (Wildman–Crippen LogP) is 6.11. The highest BCUT2D eigenvalue weighted by atomic mass is 35.5. The third-order valence-electron chi connectivity index (χ3n) is 4.41. The Hall–Kier alpha value is -2.85. The summed E-state index contributed by atoms with van der Waals surface area (Å²) in [6.45, 7) is 6.12. The van der Waals surface area contributed by atoms with Gasteiger partial charge in [-0.2, -0.15) is 0 Å². The summed E-state index contributed by atoms with van der Waals surface area (Å²) in [7, 11) is 0. The van der Waals surface area contributed by atoms with Crippen LogP contribution in [0.1, 0.15) is 47.1 Å². The Kier molecular flexibility index (Phi) is 6.00. The van der Waals surface area contributed by atoms with Crippen molar-refractivity contribution >= 4 is 17.6 Å². The minimum Gasteiger partial charge on any atom is -0.487 e. The summed E-state index contributed by atoms with van der Waals surface area (Å²) in [6.07, 6.45) is 0. The molecule has 0 aliphatic heterocycles. The number of aromatic nitrogens is 1. The van der Waals surface area contributed by atoms with Crippen molar-refractivity contribution in [1.29, 1.82) is 0 Å². The number of halogens is 1. The molecular weight excluding hydrogens is 374 g/mol. The Labute approximate surface area is 169 Å². The Morgan fingerprint density at radius 1 is 1.14 bits per heavy atom. The van der Waals surface area contributed by atoms with E-state index in [2.05, 4.69) is 4.98 Å². The fourth-order valence-corrected chi connectivity index (χ4v) is 3.24. The largest absolute Gasteiger partial charge is 0.487 e. The first kappa shape index (κ1) is 19.9. The lowest BCUT2D eigenvalue weighted by atomic mass is 9.95. The maximum atomic E-state index is 11.9. The van der Waals surface area contributed by atoms with Gasteiger partial charge < -0.3 is 9.84 Å². The van der Waals surface area contributed by atoms with Crippen LogP contribution in [-0.4, -0.2) is 16.1 Å². The average Bonchev–Trinajstić information content (AvgIpc) is 2.65. The first-order chi connectivity index (χ1) is 13.3. The molecule has 0 spiro atoms. The van der Waals surface area contributed by atoms with E-state index in [-0.39, 0.29) is 18.1 Å². The van der Waals surface area contributed by atoms with Gasteiger partial charge in [-0.1, -0.05) is 49.7 Å². The molecule has 0 aliphatic carbocycles. The van der Waals surface area contributed by atoms with Crippen molar-refractivity contribution < 1.29 is 14.6 Å². The number of hydrogen-bond acceptors (Lipinski definition) is 3. The molecule has 3 rings (SSSR count). The molecule has 1 aromatic heterocycles. The van der Waals surface area contributed by atoms with Gasteiger partial charge in [0.2, 0.25) is 0 Å². The lowest BCUT2D eigenvalue weighted by molar-refractivity contribution is 0.0693. The molecule has 4 nitrogen and oxygen atoms in total. The van der Waals surface area contributed by atoms with Crippen LogP contribution in [-0.2, 0) is 6.61 Å². The van der Waals surface area contributed by atoms with Crippen LogP contribution in [0.2, 0.25) is 5.02 Å². The predicted molar refractivity (Wildman–Crippen MR) is 111 cm³/mol. The fourth-order valence-electron chi connectivity index (χ4n) is 3.05. The van der Waals surface area contributed by atoms with E-state index in [0.29, 0.717) is 16.5 Å². The number of carboxylic acids is 1. The minimum absolute atomic E-state index is 0.0840. The van der Waals surface area contributed by atoms with Crippen molar-refractivity contribution in [3.63, 3.8) is 0 Å². The molecule has 3 aromatic rings. The van der Waals surface area contributed by atoms with E-state index in [1.54, 1.807) is 12.1 Å². The highest BCUT2D eigenvalue weighted by molar-refractivity contribution is 6.30. The van der Waals surface area contributed by atoms with Gasteiger partial charge in [0.15, 0.2) is 0 Å². The second-order valence-electron chi connectivity index (χ2n) is 6.99. The number of rotatable bonds is 6. The zero-order valence-electron chi connectivity index (χ0n) is 16.1. The van der Waals surface area contributed by atoms with Gasteiger partial charge in [-0.15, -0.1) is 0 Å². The van der Waals surface area contributed by atoms with Crippen molar-refractivity contribution in [3.05, 3.63) is 82.1 Å². The number of carbonyl (C=O) groups is 1. The summed E-state index contributed by atoms with van der Waals surface area (Å²) >= 11 is 6.13. The number of pyridine rings is 1. The van der Waals surface area contributed by atoms with Gasteiger partial charge in [0, 0.05) is 10.6 Å². The van der Waals surface area contributed by atoms with Crippen LogP contribution in [0.5, 0.6) is 5.75 Å². The van der Waals surface area contributed by atoms with Crippen LogP contribution in [0.15, 0.2) is 54.6 Å². The van der Waals surface area contributed by atoms with Gasteiger partial charge >= 0.3 is 5.97 Å². The van der Waals surface area contributed by atoms with E-state index in [9.17, 15) is 9.90 Å². The number of nitrogens with zero attached hydrogens (tertiary/aromatic N) is 1. The van der Waals surface area contributed by atoms with Crippen LogP contribution >= 0.6 is 11.6 Å². The smallest absolute Gasteiger partial charge is 0.337 e. The van der Waals surface area contributed by atoms with Crippen LogP contribution in [0, 0.1) is 6.92 Å². The molecule has 0 saturated carbocycles. The van der Waals surface area contributed by atoms with E-state index in [0.717, 1.165) is 22.4 Å². The van der Waals surface area contributed by atoms with Gasteiger partial charge in [-0.25, -0.2) is 4.79 Å². The Morgan fingerprint density at radius 3 is 2.54 bits per heavy atom. The number of aryl methyl sites for hydroxylation is 1. The van der Waals surface area contributed by atoms with Crippen molar-refractivity contribution in [2.45, 2.75) is 33.3 Å². The summed E-state index contributed by atoms with van der Waals surface area (Å²) in [6, 6.07) is 16.7. The number of aromatic carboxylic acids is 1. The molecule has 5 heteroatoms. The Balaban J connectivity index is 2.05. The van der Waals surface area contributed by atoms with Crippen LogP contribution < -0.4 is 4.74 Å². The molecule has 2 aromatic carbocycles. The van der Waals surface area contributed by atoms with E-state index in [1.165, 1.54) is 0 Å². The zero-order valence-corrected chi connectivity index (χ0v) is 16.8. The standard InChI is InChI=1S/C23H22ClNO3/c1-14(2)22-19(16-7-5-8-17(24)11-16)12-20(23(26)27)21(25-22)13-28-18-9-4-6-15(3)10-18/h4-12,14H,13H2,1-3H3,(H,26,27). The third kappa shape index (κ3) is 4.52. The highest BCUT2D eigenvalue weighted by Crippen LogP contribution is 2.32. The van der Waals surface area contributed by atoms with Gasteiger partial charge in [-0.3, -0.25) is 4.98 Å². The van der Waals surface area contributed by atoms with Crippen LogP contribution in [0.3, 0.4) is 0 Å².